The van der Waals surface area contributed by atoms with Crippen molar-refractivity contribution in [2.24, 2.45) is 5.92 Å². The molecule has 2 heterocycles. The molecule has 0 bridgehead atoms. The summed E-state index contributed by atoms with van der Waals surface area (Å²) in [5.41, 5.74) is 2.30. The standard InChI is InChI=1S/C31H31ClFIN4O5/c1-41-28-15-23-25(16-31(28,34)42-18-20-8-11-35-12-9-20)36-13-10-26(23)43-27-7-6-22(14-24(27)33)38-30(40)29(39)37-17-19-2-4-21(32)5-3-19/h2-7,10,13-15,20,35H,8-9,11-12,16-18H2,1H3,(H,37,39)(H,38,40). The number of nitrogens with one attached hydrogen (secondary N) is 3. The van der Waals surface area contributed by atoms with Gasteiger partial charge in [-0.3, -0.25) is 14.6 Å². The number of hydrogen-bond donors (Lipinski definition) is 3. The molecule has 0 spiro atoms. The maximum absolute atomic E-state index is 15.1. The Morgan fingerprint density at radius 2 is 1.88 bits per heavy atom. The van der Waals surface area contributed by atoms with Crippen molar-refractivity contribution in [3.63, 3.8) is 0 Å². The van der Waals surface area contributed by atoms with Gasteiger partial charge in [0.05, 0.1) is 19.4 Å². The molecule has 2 amide bonds. The van der Waals surface area contributed by atoms with Crippen molar-refractivity contribution in [1.82, 2.24) is 15.6 Å². The second-order valence-corrected chi connectivity index (χ2v) is 12.5. The van der Waals surface area contributed by atoms with Crippen molar-refractivity contribution >= 4 is 57.8 Å². The highest BCUT2D eigenvalue weighted by atomic mass is 127. The number of rotatable bonds is 9. The monoisotopic (exact) mass is 720 g/mol. The molecule has 3 aromatic rings. The fourth-order valence-corrected chi connectivity index (χ4v) is 5.93. The van der Waals surface area contributed by atoms with Crippen molar-refractivity contribution in [3.05, 3.63) is 88.1 Å². The van der Waals surface area contributed by atoms with E-state index in [0.29, 0.717) is 41.0 Å². The number of amides is 2. The molecule has 1 fully saturated rings. The molecule has 43 heavy (non-hydrogen) atoms. The van der Waals surface area contributed by atoms with Crippen LogP contribution >= 0.6 is 34.2 Å². The maximum Gasteiger partial charge on any atom is 0.313 e. The van der Waals surface area contributed by atoms with Crippen LogP contribution in [0, 0.1) is 11.7 Å². The van der Waals surface area contributed by atoms with Gasteiger partial charge < -0.3 is 30.2 Å². The summed E-state index contributed by atoms with van der Waals surface area (Å²) >= 11 is 8.14. The largest absolute Gasteiger partial charge is 0.497 e. The van der Waals surface area contributed by atoms with Crippen LogP contribution in [-0.4, -0.2) is 47.2 Å². The van der Waals surface area contributed by atoms with Crippen LogP contribution in [0.4, 0.5) is 10.1 Å². The van der Waals surface area contributed by atoms with E-state index in [9.17, 15) is 9.59 Å². The van der Waals surface area contributed by atoms with Gasteiger partial charge >= 0.3 is 11.8 Å². The normalized spacial score (nSPS) is 18.3. The highest BCUT2D eigenvalue weighted by Crippen LogP contribution is 2.43. The molecule has 1 saturated heterocycles. The number of pyridine rings is 1. The van der Waals surface area contributed by atoms with Crippen molar-refractivity contribution in [3.8, 4) is 11.5 Å². The van der Waals surface area contributed by atoms with E-state index in [1.165, 1.54) is 12.1 Å². The van der Waals surface area contributed by atoms with Gasteiger partial charge in [-0.05, 0) is 96.4 Å². The van der Waals surface area contributed by atoms with Gasteiger partial charge in [-0.15, -0.1) is 0 Å². The van der Waals surface area contributed by atoms with Crippen molar-refractivity contribution < 1.29 is 28.2 Å². The number of hydrogen-bond acceptors (Lipinski definition) is 7. The molecule has 2 aromatic carbocycles. The van der Waals surface area contributed by atoms with E-state index in [0.717, 1.165) is 43.3 Å². The van der Waals surface area contributed by atoms with E-state index in [2.05, 4.69) is 43.5 Å². The Morgan fingerprint density at radius 1 is 1.12 bits per heavy atom. The fraction of sp³-hybridized carbons (Fsp3) is 0.323. The Labute approximate surface area is 267 Å². The van der Waals surface area contributed by atoms with Crippen LogP contribution in [0.25, 0.3) is 6.08 Å². The zero-order chi connectivity index (χ0) is 30.4. The number of fused-ring (bicyclic) bond motifs is 1. The van der Waals surface area contributed by atoms with E-state index >= 15 is 4.39 Å². The van der Waals surface area contributed by atoms with Crippen LogP contribution in [-0.2, 0) is 32.0 Å². The lowest BCUT2D eigenvalue weighted by molar-refractivity contribution is -0.136. The number of aromatic nitrogens is 1. The molecule has 9 nitrogen and oxygen atoms in total. The number of halogens is 3. The van der Waals surface area contributed by atoms with E-state index in [1.54, 1.807) is 43.6 Å². The SMILES string of the molecule is COC1=Cc2c(Oc3ccc(NC(=O)C(=O)NCc4ccc(Cl)cc4)cc3F)ccnc2CC1(I)OCC1CCNCC1. The smallest absolute Gasteiger partial charge is 0.313 e. The quantitative estimate of drug-likeness (QED) is 0.150. The van der Waals surface area contributed by atoms with Gasteiger partial charge in [-0.2, -0.15) is 0 Å². The Kier molecular flexibility index (Phi) is 10.2. The number of benzene rings is 2. The van der Waals surface area contributed by atoms with Gasteiger partial charge in [0.2, 0.25) is 0 Å². The number of ether oxygens (including phenoxy) is 3. The molecule has 0 radical (unpaired) electrons. The van der Waals surface area contributed by atoms with Crippen LogP contribution in [0.2, 0.25) is 5.02 Å². The van der Waals surface area contributed by atoms with Crippen molar-refractivity contribution in [1.29, 1.82) is 0 Å². The molecule has 1 aliphatic carbocycles. The number of nitrogens with zero attached hydrogens (tertiary/aromatic N) is 1. The molecule has 2 aliphatic rings. The van der Waals surface area contributed by atoms with E-state index in [4.69, 9.17) is 25.8 Å². The number of carbonyl (C=O) groups excluding carboxylic acids is 2. The first-order valence-corrected chi connectivity index (χ1v) is 15.3. The predicted octanol–water partition coefficient (Wildman–Crippen LogP) is 5.61. The summed E-state index contributed by atoms with van der Waals surface area (Å²) in [5, 5.41) is 8.86. The summed E-state index contributed by atoms with van der Waals surface area (Å²) in [5.74, 6) is -1.05. The topological polar surface area (TPSA) is 111 Å². The molecular weight excluding hydrogens is 690 g/mol. The van der Waals surface area contributed by atoms with Crippen molar-refractivity contribution in [2.75, 3.05) is 32.1 Å². The first-order chi connectivity index (χ1) is 20.7. The first-order valence-electron chi connectivity index (χ1n) is 13.8. The minimum absolute atomic E-state index is 0.0561. The molecular formula is C31H31ClFIN4O5. The summed E-state index contributed by atoms with van der Waals surface area (Å²) in [4.78, 5) is 29.1. The average molecular weight is 721 g/mol. The van der Waals surface area contributed by atoms with E-state index < -0.39 is 21.2 Å². The summed E-state index contributed by atoms with van der Waals surface area (Å²) in [7, 11) is 1.60. The number of alkyl halides is 1. The van der Waals surface area contributed by atoms with Gasteiger partial charge in [0.15, 0.2) is 15.2 Å². The highest BCUT2D eigenvalue weighted by molar-refractivity contribution is 14.1. The zero-order valence-corrected chi connectivity index (χ0v) is 26.3. The second-order valence-electron chi connectivity index (χ2n) is 10.3. The van der Waals surface area contributed by atoms with Gasteiger partial charge in [-0.1, -0.05) is 23.7 Å². The molecule has 1 atom stereocenters. The summed E-state index contributed by atoms with van der Waals surface area (Å²) < 4.78 is 32.5. The van der Waals surface area contributed by atoms with Gasteiger partial charge in [0.25, 0.3) is 0 Å². The van der Waals surface area contributed by atoms with Crippen LogP contribution in [0.1, 0.15) is 29.7 Å². The lowest BCUT2D eigenvalue weighted by Gasteiger charge is -2.35. The van der Waals surface area contributed by atoms with E-state index in [1.807, 2.05) is 6.08 Å². The molecule has 0 saturated carbocycles. The number of methoxy groups -OCH3 is 1. The Morgan fingerprint density at radius 3 is 2.60 bits per heavy atom. The van der Waals surface area contributed by atoms with E-state index in [-0.39, 0.29) is 18.0 Å². The van der Waals surface area contributed by atoms with Gasteiger partial charge in [0, 0.05) is 41.5 Å². The molecule has 5 rings (SSSR count). The highest BCUT2D eigenvalue weighted by Gasteiger charge is 2.40. The van der Waals surface area contributed by atoms with Crippen LogP contribution in [0.3, 0.4) is 0 Å². The predicted molar refractivity (Wildman–Crippen MR) is 170 cm³/mol. The molecule has 12 heteroatoms. The maximum atomic E-state index is 15.1. The van der Waals surface area contributed by atoms with Crippen LogP contribution in [0.15, 0.2) is 60.5 Å². The average Bonchev–Trinajstić information content (AvgIpc) is 3.01. The molecule has 1 unspecified atom stereocenters. The Hall–Kier alpha value is -3.26. The fourth-order valence-electron chi connectivity index (χ4n) is 4.89. The number of anilines is 1. The summed E-state index contributed by atoms with van der Waals surface area (Å²) in [6.45, 7) is 2.74. The number of piperidine rings is 1. The first kappa shape index (κ1) is 31.2. The number of carbonyl (C=O) groups is 2. The Bertz CT molecular complexity index is 1520. The third-order valence-corrected chi connectivity index (χ3v) is 8.76. The molecule has 3 N–H and O–H groups in total. The molecule has 1 aliphatic heterocycles. The third kappa shape index (κ3) is 7.83. The lowest BCUT2D eigenvalue weighted by Crippen LogP contribution is -2.38. The molecule has 1 aromatic heterocycles. The Balaban J connectivity index is 1.23. The summed E-state index contributed by atoms with van der Waals surface area (Å²) in [6, 6.07) is 12.4. The van der Waals surface area contributed by atoms with Crippen LogP contribution < -0.4 is 20.7 Å². The lowest BCUT2D eigenvalue weighted by atomic mass is 9.96. The van der Waals surface area contributed by atoms with Crippen LogP contribution in [0.5, 0.6) is 11.5 Å². The molecule has 226 valence electrons. The van der Waals surface area contributed by atoms with Gasteiger partial charge in [-0.25, -0.2) is 4.39 Å². The second kappa shape index (κ2) is 14.0. The minimum Gasteiger partial charge on any atom is -0.497 e. The minimum atomic E-state index is -0.924. The van der Waals surface area contributed by atoms with Gasteiger partial charge in [0.1, 0.15) is 11.5 Å². The summed E-state index contributed by atoms with van der Waals surface area (Å²) in [6.07, 6.45) is 6.02. The zero-order valence-electron chi connectivity index (χ0n) is 23.4. The van der Waals surface area contributed by atoms with Crippen molar-refractivity contribution in [2.45, 2.75) is 29.4 Å². The third-order valence-electron chi connectivity index (χ3n) is 7.28.